The molecule has 1 aromatic rings. The SMILES string of the molecule is Cc1ccc(C(=O)NCCNC(=O)NC(C)C(C)C)cc1F. The van der Waals surface area contributed by atoms with Gasteiger partial charge in [0.1, 0.15) is 5.82 Å². The summed E-state index contributed by atoms with van der Waals surface area (Å²) in [6.07, 6.45) is 0. The lowest BCUT2D eigenvalue weighted by Gasteiger charge is -2.17. The predicted octanol–water partition coefficient (Wildman–Crippen LogP) is 2.21. The van der Waals surface area contributed by atoms with Gasteiger partial charge in [0.15, 0.2) is 0 Å². The summed E-state index contributed by atoms with van der Waals surface area (Å²) in [6, 6.07) is 4.14. The molecule has 122 valence electrons. The fraction of sp³-hybridized carbons (Fsp3) is 0.500. The van der Waals surface area contributed by atoms with E-state index in [0.29, 0.717) is 18.0 Å². The van der Waals surface area contributed by atoms with Crippen LogP contribution in [0.4, 0.5) is 9.18 Å². The molecule has 0 heterocycles. The zero-order chi connectivity index (χ0) is 16.7. The number of hydrogen-bond acceptors (Lipinski definition) is 2. The molecule has 1 aromatic carbocycles. The van der Waals surface area contributed by atoms with Crippen LogP contribution in [-0.2, 0) is 0 Å². The highest BCUT2D eigenvalue weighted by Crippen LogP contribution is 2.08. The highest BCUT2D eigenvalue weighted by atomic mass is 19.1. The van der Waals surface area contributed by atoms with E-state index in [1.54, 1.807) is 19.1 Å². The quantitative estimate of drug-likeness (QED) is 0.705. The highest BCUT2D eigenvalue weighted by molar-refractivity contribution is 5.94. The maximum Gasteiger partial charge on any atom is 0.315 e. The van der Waals surface area contributed by atoms with Crippen LogP contribution in [0.25, 0.3) is 0 Å². The first-order chi connectivity index (χ1) is 10.3. The Hall–Kier alpha value is -2.11. The van der Waals surface area contributed by atoms with Gasteiger partial charge in [-0.3, -0.25) is 4.79 Å². The van der Waals surface area contributed by atoms with Gasteiger partial charge in [-0.2, -0.15) is 0 Å². The summed E-state index contributed by atoms with van der Waals surface area (Å²) in [5.41, 5.74) is 0.759. The summed E-state index contributed by atoms with van der Waals surface area (Å²) >= 11 is 0. The van der Waals surface area contributed by atoms with Crippen molar-refractivity contribution in [2.75, 3.05) is 13.1 Å². The van der Waals surface area contributed by atoms with Crippen molar-refractivity contribution in [1.82, 2.24) is 16.0 Å². The van der Waals surface area contributed by atoms with Gasteiger partial charge < -0.3 is 16.0 Å². The standard InChI is InChI=1S/C16H24FN3O2/c1-10(2)12(4)20-16(22)19-8-7-18-15(21)13-6-5-11(3)14(17)9-13/h5-6,9-10,12H,7-8H2,1-4H3,(H,18,21)(H2,19,20,22). The van der Waals surface area contributed by atoms with E-state index in [4.69, 9.17) is 0 Å². The molecule has 3 amide bonds. The van der Waals surface area contributed by atoms with Crippen molar-refractivity contribution in [1.29, 1.82) is 0 Å². The molecule has 0 bridgehead atoms. The van der Waals surface area contributed by atoms with E-state index < -0.39 is 5.82 Å². The molecule has 5 nitrogen and oxygen atoms in total. The number of rotatable bonds is 6. The first-order valence-corrected chi connectivity index (χ1v) is 7.40. The molecular formula is C16H24FN3O2. The van der Waals surface area contributed by atoms with Gasteiger partial charge in [0.05, 0.1) is 0 Å². The van der Waals surface area contributed by atoms with Crippen molar-refractivity contribution >= 4 is 11.9 Å². The Balaban J connectivity index is 2.30. The Morgan fingerprint density at radius 1 is 1.14 bits per heavy atom. The van der Waals surface area contributed by atoms with Gasteiger partial charge in [-0.15, -0.1) is 0 Å². The molecule has 0 aliphatic carbocycles. The van der Waals surface area contributed by atoms with Gasteiger partial charge >= 0.3 is 6.03 Å². The summed E-state index contributed by atoms with van der Waals surface area (Å²) in [6.45, 7) is 8.18. The normalized spacial score (nSPS) is 11.9. The maximum atomic E-state index is 13.4. The number of aryl methyl sites for hydroxylation is 1. The number of hydrogen-bond donors (Lipinski definition) is 3. The summed E-state index contributed by atoms with van der Waals surface area (Å²) in [7, 11) is 0. The lowest BCUT2D eigenvalue weighted by Crippen LogP contribution is -2.45. The van der Waals surface area contributed by atoms with Crippen LogP contribution in [0.15, 0.2) is 18.2 Å². The van der Waals surface area contributed by atoms with Crippen LogP contribution in [-0.4, -0.2) is 31.1 Å². The van der Waals surface area contributed by atoms with Crippen molar-refractivity contribution in [3.8, 4) is 0 Å². The average molecular weight is 309 g/mol. The fourth-order valence-corrected chi connectivity index (χ4v) is 1.61. The largest absolute Gasteiger partial charge is 0.350 e. The third-order valence-electron chi connectivity index (χ3n) is 3.49. The van der Waals surface area contributed by atoms with Crippen LogP contribution in [0.5, 0.6) is 0 Å². The van der Waals surface area contributed by atoms with Crippen LogP contribution < -0.4 is 16.0 Å². The predicted molar refractivity (Wildman–Crippen MR) is 84.3 cm³/mol. The lowest BCUT2D eigenvalue weighted by atomic mass is 10.1. The molecule has 0 aliphatic heterocycles. The monoisotopic (exact) mass is 309 g/mol. The smallest absolute Gasteiger partial charge is 0.315 e. The lowest BCUT2D eigenvalue weighted by molar-refractivity contribution is 0.0953. The van der Waals surface area contributed by atoms with Gasteiger partial charge in [-0.05, 0) is 37.5 Å². The molecule has 0 aromatic heterocycles. The Kier molecular flexibility index (Phi) is 6.82. The molecule has 0 saturated carbocycles. The molecule has 0 radical (unpaired) electrons. The third-order valence-corrected chi connectivity index (χ3v) is 3.49. The number of benzene rings is 1. The van der Waals surface area contributed by atoms with Gasteiger partial charge in [0.2, 0.25) is 0 Å². The van der Waals surface area contributed by atoms with E-state index >= 15 is 0 Å². The molecular weight excluding hydrogens is 285 g/mol. The van der Waals surface area contributed by atoms with Crippen LogP contribution in [0.1, 0.15) is 36.7 Å². The number of carbonyl (C=O) groups excluding carboxylic acids is 2. The number of amides is 3. The summed E-state index contributed by atoms with van der Waals surface area (Å²) in [5.74, 6) is -0.425. The molecule has 1 atom stereocenters. The fourth-order valence-electron chi connectivity index (χ4n) is 1.61. The van der Waals surface area contributed by atoms with E-state index in [1.165, 1.54) is 6.07 Å². The Morgan fingerprint density at radius 2 is 1.77 bits per heavy atom. The summed E-state index contributed by atoms with van der Waals surface area (Å²) < 4.78 is 13.4. The Morgan fingerprint density at radius 3 is 2.36 bits per heavy atom. The van der Waals surface area contributed by atoms with Gasteiger partial charge in [0.25, 0.3) is 5.91 Å². The molecule has 1 rings (SSSR count). The topological polar surface area (TPSA) is 70.2 Å². The first kappa shape index (κ1) is 17.9. The molecule has 22 heavy (non-hydrogen) atoms. The number of urea groups is 1. The average Bonchev–Trinajstić information content (AvgIpc) is 2.46. The highest BCUT2D eigenvalue weighted by Gasteiger charge is 2.10. The minimum absolute atomic E-state index is 0.0742. The first-order valence-electron chi connectivity index (χ1n) is 7.40. The van der Waals surface area contributed by atoms with Crippen LogP contribution in [0.2, 0.25) is 0 Å². The van der Waals surface area contributed by atoms with Crippen molar-refractivity contribution in [2.45, 2.75) is 33.7 Å². The van der Waals surface area contributed by atoms with E-state index in [9.17, 15) is 14.0 Å². The second-order valence-electron chi connectivity index (χ2n) is 5.65. The Bertz CT molecular complexity index is 532. The maximum absolute atomic E-state index is 13.4. The zero-order valence-electron chi connectivity index (χ0n) is 13.5. The Labute approximate surface area is 130 Å². The van der Waals surface area contributed by atoms with Crippen molar-refractivity contribution in [3.05, 3.63) is 35.1 Å². The van der Waals surface area contributed by atoms with Crippen molar-refractivity contribution < 1.29 is 14.0 Å². The van der Waals surface area contributed by atoms with Crippen LogP contribution in [0, 0.1) is 18.7 Å². The second kappa shape index (κ2) is 8.36. The molecule has 1 unspecified atom stereocenters. The summed E-state index contributed by atoms with van der Waals surface area (Å²) in [5, 5.41) is 8.09. The second-order valence-corrected chi connectivity index (χ2v) is 5.65. The van der Waals surface area contributed by atoms with Crippen molar-refractivity contribution in [3.63, 3.8) is 0 Å². The molecule has 0 spiro atoms. The zero-order valence-corrected chi connectivity index (χ0v) is 13.5. The van der Waals surface area contributed by atoms with Crippen LogP contribution in [0.3, 0.4) is 0 Å². The van der Waals surface area contributed by atoms with E-state index in [0.717, 1.165) is 0 Å². The van der Waals surface area contributed by atoms with E-state index in [-0.39, 0.29) is 30.1 Å². The number of halogens is 1. The number of nitrogens with one attached hydrogen (secondary N) is 3. The van der Waals surface area contributed by atoms with Gasteiger partial charge in [-0.1, -0.05) is 19.9 Å². The van der Waals surface area contributed by atoms with E-state index in [1.807, 2.05) is 20.8 Å². The third kappa shape index (κ3) is 5.71. The molecule has 0 aliphatic rings. The van der Waals surface area contributed by atoms with Crippen LogP contribution >= 0.6 is 0 Å². The molecule has 0 fully saturated rings. The molecule has 3 N–H and O–H groups in total. The van der Waals surface area contributed by atoms with Crippen molar-refractivity contribution in [2.24, 2.45) is 5.92 Å². The van der Waals surface area contributed by atoms with E-state index in [2.05, 4.69) is 16.0 Å². The minimum atomic E-state index is -0.409. The number of carbonyl (C=O) groups is 2. The van der Waals surface area contributed by atoms with Gasteiger partial charge in [0, 0.05) is 24.7 Å². The summed E-state index contributed by atoms with van der Waals surface area (Å²) in [4.78, 5) is 23.4. The van der Waals surface area contributed by atoms with Gasteiger partial charge in [-0.25, -0.2) is 9.18 Å². The molecule has 6 heteroatoms. The molecule has 0 saturated heterocycles. The minimum Gasteiger partial charge on any atom is -0.350 e.